The molecule has 2 amide bonds. The minimum atomic E-state index is -0.592. The van der Waals surface area contributed by atoms with Crippen LogP contribution in [0.5, 0.6) is 0 Å². The lowest BCUT2D eigenvalue weighted by molar-refractivity contribution is -0.127. The minimum Gasteiger partial charge on any atom is -0.353 e. The summed E-state index contributed by atoms with van der Waals surface area (Å²) < 4.78 is 2.23. The van der Waals surface area contributed by atoms with Gasteiger partial charge in [0, 0.05) is 42.2 Å². The number of carbonyl (C=O) groups excluding carboxylic acids is 2. The first-order chi connectivity index (χ1) is 20.0. The molecule has 0 radical (unpaired) electrons. The molecule has 6 rings (SSSR count). The Kier molecular flexibility index (Phi) is 7.67. The van der Waals surface area contributed by atoms with Crippen LogP contribution in [0, 0.1) is 5.92 Å². The first-order valence-electron chi connectivity index (χ1n) is 15.1. The Bertz CT molecular complexity index is 1550. The first-order valence-corrected chi connectivity index (χ1v) is 15.1. The molecule has 212 valence electrons. The summed E-state index contributed by atoms with van der Waals surface area (Å²) in [5, 5.41) is 4.33. The third-order valence-corrected chi connectivity index (χ3v) is 9.14. The molecule has 1 N–H and O–H groups in total. The molecule has 2 aliphatic rings. The highest BCUT2D eigenvalue weighted by atomic mass is 16.2. The molecule has 0 aliphatic carbocycles. The van der Waals surface area contributed by atoms with Crippen molar-refractivity contribution in [3.05, 3.63) is 95.6 Å². The lowest BCUT2D eigenvalue weighted by atomic mass is 9.90. The van der Waals surface area contributed by atoms with Crippen molar-refractivity contribution in [2.24, 2.45) is 13.0 Å². The molecule has 1 saturated heterocycles. The number of nitrogens with one attached hydrogen (secondary N) is 1. The number of benzene rings is 3. The second kappa shape index (κ2) is 11.5. The highest BCUT2D eigenvalue weighted by Gasteiger charge is 2.47. The van der Waals surface area contributed by atoms with Gasteiger partial charge in [-0.15, -0.1) is 0 Å². The van der Waals surface area contributed by atoms with E-state index in [4.69, 9.17) is 0 Å². The molecule has 0 saturated carbocycles. The van der Waals surface area contributed by atoms with Gasteiger partial charge < -0.3 is 19.7 Å². The maximum absolute atomic E-state index is 14.4. The molecule has 3 aromatic carbocycles. The number of amides is 2. The largest absolute Gasteiger partial charge is 0.353 e. The Balaban J connectivity index is 1.49. The van der Waals surface area contributed by atoms with Crippen LogP contribution in [0.1, 0.15) is 60.6 Å². The molecule has 4 aromatic rings. The summed E-state index contributed by atoms with van der Waals surface area (Å²) in [4.78, 5) is 32.7. The van der Waals surface area contributed by atoms with E-state index in [1.54, 1.807) is 0 Å². The second-order valence-electron chi connectivity index (χ2n) is 11.6. The lowest BCUT2D eigenvalue weighted by Crippen LogP contribution is -2.52. The molecule has 3 unspecified atom stereocenters. The Labute approximate surface area is 243 Å². The van der Waals surface area contributed by atoms with Crippen LogP contribution in [0.3, 0.4) is 0 Å². The Hall–Kier alpha value is -3.90. The molecule has 2 aliphatic heterocycles. The fraction of sp³-hybridized carbons (Fsp3) is 0.371. The average Bonchev–Trinajstić information content (AvgIpc) is 3.70. The van der Waals surface area contributed by atoms with Crippen LogP contribution in [-0.2, 0) is 11.8 Å². The van der Waals surface area contributed by atoms with E-state index < -0.39 is 6.04 Å². The topological polar surface area (TPSA) is 57.6 Å². The summed E-state index contributed by atoms with van der Waals surface area (Å²) in [6, 6.07) is 25.7. The van der Waals surface area contributed by atoms with Gasteiger partial charge in [-0.3, -0.25) is 9.59 Å². The fourth-order valence-electron chi connectivity index (χ4n) is 6.89. The van der Waals surface area contributed by atoms with Gasteiger partial charge in [-0.05, 0) is 55.1 Å². The molecule has 3 atom stereocenters. The maximum Gasteiger partial charge on any atom is 0.255 e. The molecule has 41 heavy (non-hydrogen) atoms. The van der Waals surface area contributed by atoms with Gasteiger partial charge in [-0.1, -0.05) is 87.0 Å². The molecular formula is C35H40N4O2. The predicted octanol–water partition coefficient (Wildman–Crippen LogP) is 6.02. The Morgan fingerprint density at radius 3 is 2.39 bits per heavy atom. The summed E-state index contributed by atoms with van der Waals surface area (Å²) in [7, 11) is 2.10. The number of para-hydroxylation sites is 1. The summed E-state index contributed by atoms with van der Waals surface area (Å²) in [5.41, 5.74) is 5.99. The van der Waals surface area contributed by atoms with Crippen LogP contribution in [0.4, 0.5) is 0 Å². The molecule has 3 heterocycles. The van der Waals surface area contributed by atoms with Gasteiger partial charge in [-0.2, -0.15) is 0 Å². The number of aryl methyl sites for hydroxylation is 1. The zero-order valence-electron chi connectivity index (χ0n) is 24.3. The molecule has 0 bridgehead atoms. The quantitative estimate of drug-likeness (QED) is 0.278. The van der Waals surface area contributed by atoms with Gasteiger partial charge in [0.05, 0.1) is 11.7 Å². The van der Waals surface area contributed by atoms with Crippen LogP contribution in [-0.4, -0.2) is 58.4 Å². The normalized spacial score (nSPS) is 18.6. The van der Waals surface area contributed by atoms with Crippen LogP contribution < -0.4 is 5.32 Å². The number of hydrogen-bond donors (Lipinski definition) is 1. The van der Waals surface area contributed by atoms with Crippen LogP contribution >= 0.6 is 0 Å². The highest BCUT2D eigenvalue weighted by molar-refractivity contribution is 6.04. The summed E-state index contributed by atoms with van der Waals surface area (Å²) in [6.45, 7) is 7.82. The van der Waals surface area contributed by atoms with E-state index in [0.717, 1.165) is 59.3 Å². The Morgan fingerprint density at radius 1 is 0.951 bits per heavy atom. The van der Waals surface area contributed by atoms with Crippen molar-refractivity contribution in [1.82, 2.24) is 19.7 Å². The third-order valence-electron chi connectivity index (χ3n) is 9.14. The number of aromatic nitrogens is 1. The van der Waals surface area contributed by atoms with Crippen molar-refractivity contribution in [3.63, 3.8) is 0 Å². The number of nitrogens with zero attached hydrogens (tertiary/aromatic N) is 3. The van der Waals surface area contributed by atoms with Gasteiger partial charge in [-0.25, -0.2) is 0 Å². The van der Waals surface area contributed by atoms with Crippen LogP contribution in [0.2, 0.25) is 0 Å². The molecule has 6 heteroatoms. The van der Waals surface area contributed by atoms with Crippen molar-refractivity contribution >= 4 is 22.7 Å². The highest BCUT2D eigenvalue weighted by Crippen LogP contribution is 2.48. The predicted molar refractivity (Wildman–Crippen MR) is 165 cm³/mol. The van der Waals surface area contributed by atoms with Gasteiger partial charge in [0.25, 0.3) is 5.91 Å². The lowest BCUT2D eigenvalue weighted by Gasteiger charge is -2.36. The number of carbonyl (C=O) groups is 2. The first kappa shape index (κ1) is 27.3. The van der Waals surface area contributed by atoms with Crippen molar-refractivity contribution < 1.29 is 9.59 Å². The number of rotatable bonds is 9. The van der Waals surface area contributed by atoms with Gasteiger partial charge in [0.2, 0.25) is 5.91 Å². The van der Waals surface area contributed by atoms with E-state index in [9.17, 15) is 9.59 Å². The number of fused-ring (bicyclic) bond motifs is 2. The standard InChI is InChI=1S/C35H40N4O2/c1-4-24(2)31(34(40)36-20-23-38-21-12-13-22-38)39-33(26-16-8-9-17-27(26)35(39)41)30-28-18-10-11-19-29(28)37(3)32(30)25-14-6-5-7-15-25/h5-11,14-19,24,31,33H,4,12-13,20-23H2,1-3H3,(H,36,40). The maximum atomic E-state index is 14.4. The molecule has 1 fully saturated rings. The van der Waals surface area contributed by atoms with Gasteiger partial charge in [0.1, 0.15) is 6.04 Å². The third kappa shape index (κ3) is 4.84. The average molecular weight is 549 g/mol. The van der Waals surface area contributed by atoms with E-state index in [1.165, 1.54) is 12.8 Å². The summed E-state index contributed by atoms with van der Waals surface area (Å²) in [5.74, 6) is -0.151. The Morgan fingerprint density at radius 2 is 1.63 bits per heavy atom. The molecular weight excluding hydrogens is 508 g/mol. The van der Waals surface area contributed by atoms with E-state index >= 15 is 0 Å². The minimum absolute atomic E-state index is 0.0160. The number of hydrogen-bond acceptors (Lipinski definition) is 3. The smallest absolute Gasteiger partial charge is 0.255 e. The fourth-order valence-corrected chi connectivity index (χ4v) is 6.89. The SMILES string of the molecule is CCC(C)C(C(=O)NCCN1CCCC1)N1C(=O)c2ccccc2C1c1c(-c2ccccc2)n(C)c2ccccc12. The van der Waals surface area contributed by atoms with Crippen molar-refractivity contribution in [2.75, 3.05) is 26.2 Å². The van der Waals surface area contributed by atoms with Crippen molar-refractivity contribution in [3.8, 4) is 11.3 Å². The van der Waals surface area contributed by atoms with Gasteiger partial charge in [0.15, 0.2) is 0 Å². The van der Waals surface area contributed by atoms with Crippen molar-refractivity contribution in [2.45, 2.75) is 45.2 Å². The second-order valence-corrected chi connectivity index (χ2v) is 11.6. The van der Waals surface area contributed by atoms with E-state index in [0.29, 0.717) is 12.1 Å². The molecule has 0 spiro atoms. The zero-order chi connectivity index (χ0) is 28.5. The zero-order valence-corrected chi connectivity index (χ0v) is 24.3. The molecule has 6 nitrogen and oxygen atoms in total. The van der Waals surface area contributed by atoms with Crippen LogP contribution in [0.25, 0.3) is 22.2 Å². The van der Waals surface area contributed by atoms with E-state index in [1.807, 2.05) is 29.2 Å². The van der Waals surface area contributed by atoms with E-state index in [-0.39, 0.29) is 23.8 Å². The van der Waals surface area contributed by atoms with E-state index in [2.05, 4.69) is 90.3 Å². The van der Waals surface area contributed by atoms with Crippen molar-refractivity contribution in [1.29, 1.82) is 0 Å². The monoisotopic (exact) mass is 548 g/mol. The summed E-state index contributed by atoms with van der Waals surface area (Å²) >= 11 is 0. The van der Waals surface area contributed by atoms with Crippen LogP contribution in [0.15, 0.2) is 78.9 Å². The summed E-state index contributed by atoms with van der Waals surface area (Å²) in [6.07, 6.45) is 3.24. The molecule has 1 aromatic heterocycles. The number of likely N-dealkylation sites (tertiary alicyclic amines) is 1. The van der Waals surface area contributed by atoms with Gasteiger partial charge >= 0.3 is 0 Å².